The zero-order valence-electron chi connectivity index (χ0n) is 11.5. The van der Waals surface area contributed by atoms with Crippen molar-refractivity contribution < 1.29 is 8.85 Å². The van der Waals surface area contributed by atoms with Crippen molar-refractivity contribution in [2.24, 2.45) is 0 Å². The molecule has 0 saturated heterocycles. The van der Waals surface area contributed by atoms with Crippen LogP contribution in [-0.4, -0.2) is 15.2 Å². The lowest BCUT2D eigenvalue weighted by Gasteiger charge is -2.24. The van der Waals surface area contributed by atoms with Gasteiger partial charge >= 0.3 is 8.56 Å². The molecule has 0 aliphatic rings. The first kappa shape index (κ1) is 15.5. The summed E-state index contributed by atoms with van der Waals surface area (Å²) in [6, 6.07) is 7.48. The molecular weight excluding hydrogens is 264 g/mol. The third kappa shape index (κ3) is 6.43. The molecule has 0 aliphatic heterocycles. The Balaban J connectivity index is 2.34. The lowest BCUT2D eigenvalue weighted by molar-refractivity contribution is 0.241. The van der Waals surface area contributed by atoms with Crippen molar-refractivity contribution in [2.45, 2.75) is 45.7 Å². The first-order chi connectivity index (χ1) is 8.53. The first-order valence-corrected chi connectivity index (χ1v) is 9.81. The molecule has 0 fully saturated rings. The normalized spacial score (nSPS) is 11.6. The van der Waals surface area contributed by atoms with Gasteiger partial charge in [-0.15, -0.1) is 0 Å². The molecule has 0 unspecified atom stereocenters. The van der Waals surface area contributed by atoms with Gasteiger partial charge in [0.15, 0.2) is 0 Å². The molecule has 4 heteroatoms. The van der Waals surface area contributed by atoms with Gasteiger partial charge in [0, 0.05) is 11.6 Å². The minimum Gasteiger partial charge on any atom is -0.520 e. The largest absolute Gasteiger partial charge is 0.520 e. The van der Waals surface area contributed by atoms with Crippen LogP contribution in [0.3, 0.4) is 0 Å². The molecule has 0 heterocycles. The summed E-state index contributed by atoms with van der Waals surface area (Å²) in [6.45, 7) is 7.13. The monoisotopic (exact) mass is 286 g/mol. The Bertz CT molecular complexity index is 355. The van der Waals surface area contributed by atoms with Gasteiger partial charge in [-0.25, -0.2) is 0 Å². The fraction of sp³-hybridized carbons (Fsp3) is 0.571. The van der Waals surface area contributed by atoms with E-state index in [4.69, 9.17) is 20.5 Å². The maximum Gasteiger partial charge on any atom is 0.392 e. The van der Waals surface area contributed by atoms with Crippen LogP contribution in [-0.2, 0) is 4.43 Å². The number of hydrogen-bond donors (Lipinski definition) is 0. The smallest absolute Gasteiger partial charge is 0.392 e. The van der Waals surface area contributed by atoms with E-state index in [2.05, 4.69) is 20.0 Å². The summed E-state index contributed by atoms with van der Waals surface area (Å²) in [5.41, 5.74) is 0. The Morgan fingerprint density at radius 2 is 1.94 bits per heavy atom. The predicted molar refractivity (Wildman–Crippen MR) is 79.7 cm³/mol. The van der Waals surface area contributed by atoms with Crippen molar-refractivity contribution >= 4 is 20.2 Å². The van der Waals surface area contributed by atoms with E-state index in [9.17, 15) is 0 Å². The molecule has 18 heavy (non-hydrogen) atoms. The summed E-state index contributed by atoms with van der Waals surface area (Å²) in [5, 5.41) is 0.695. The maximum atomic E-state index is 5.93. The second kappa shape index (κ2) is 7.82. The van der Waals surface area contributed by atoms with E-state index >= 15 is 0 Å². The SMILES string of the molecule is CCCCCCO[Si](C)(C)Oc1cccc(Cl)c1. The van der Waals surface area contributed by atoms with E-state index in [0.29, 0.717) is 5.02 Å². The summed E-state index contributed by atoms with van der Waals surface area (Å²) in [5.74, 6) is 0.799. The van der Waals surface area contributed by atoms with Crippen molar-refractivity contribution in [2.75, 3.05) is 6.61 Å². The zero-order valence-corrected chi connectivity index (χ0v) is 13.3. The molecule has 102 valence electrons. The van der Waals surface area contributed by atoms with Gasteiger partial charge in [0.2, 0.25) is 0 Å². The summed E-state index contributed by atoms with van der Waals surface area (Å²) >= 11 is 5.93. The van der Waals surface area contributed by atoms with Crippen molar-refractivity contribution in [1.29, 1.82) is 0 Å². The summed E-state index contributed by atoms with van der Waals surface area (Å²) in [7, 11) is -2.09. The van der Waals surface area contributed by atoms with Gasteiger partial charge in [-0.1, -0.05) is 43.9 Å². The Hall–Kier alpha value is -0.513. The Labute approximate surface area is 117 Å². The van der Waals surface area contributed by atoms with E-state index in [1.165, 1.54) is 19.3 Å². The molecule has 0 amide bonds. The molecule has 0 bridgehead atoms. The lowest BCUT2D eigenvalue weighted by Crippen LogP contribution is -2.38. The van der Waals surface area contributed by atoms with Gasteiger partial charge in [-0.3, -0.25) is 0 Å². The van der Waals surface area contributed by atoms with E-state index in [0.717, 1.165) is 18.8 Å². The molecule has 0 radical (unpaired) electrons. The third-order valence-corrected chi connectivity index (χ3v) is 4.47. The third-order valence-electron chi connectivity index (χ3n) is 2.61. The molecule has 1 aromatic carbocycles. The van der Waals surface area contributed by atoms with Crippen molar-refractivity contribution in [3.05, 3.63) is 29.3 Å². The van der Waals surface area contributed by atoms with Gasteiger partial charge in [-0.05, 0) is 37.7 Å². The molecule has 1 aromatic rings. The molecule has 1 rings (SSSR count). The van der Waals surface area contributed by atoms with E-state index in [1.807, 2.05) is 24.3 Å². The maximum absolute atomic E-state index is 5.93. The van der Waals surface area contributed by atoms with Crippen LogP contribution in [0.25, 0.3) is 0 Å². The molecule has 0 aromatic heterocycles. The number of benzene rings is 1. The second-order valence-corrected chi connectivity index (χ2v) is 8.60. The zero-order chi connectivity index (χ0) is 13.4. The number of hydrogen-bond acceptors (Lipinski definition) is 2. The predicted octanol–water partition coefficient (Wildman–Crippen LogP) is 5.02. The highest BCUT2D eigenvalue weighted by Crippen LogP contribution is 2.21. The topological polar surface area (TPSA) is 18.5 Å². The van der Waals surface area contributed by atoms with Gasteiger partial charge in [0.1, 0.15) is 5.75 Å². The van der Waals surface area contributed by atoms with Crippen molar-refractivity contribution in [3.63, 3.8) is 0 Å². The number of halogens is 1. The fourth-order valence-corrected chi connectivity index (χ4v) is 3.26. The molecule has 0 atom stereocenters. The average molecular weight is 287 g/mol. The Morgan fingerprint density at radius 3 is 2.61 bits per heavy atom. The molecule has 0 aliphatic carbocycles. The van der Waals surface area contributed by atoms with Crippen LogP contribution in [0.5, 0.6) is 5.75 Å². The molecule has 0 saturated carbocycles. The van der Waals surface area contributed by atoms with Crippen molar-refractivity contribution in [3.8, 4) is 5.75 Å². The van der Waals surface area contributed by atoms with Crippen LogP contribution in [0.15, 0.2) is 24.3 Å². The van der Waals surface area contributed by atoms with Gasteiger partial charge in [-0.2, -0.15) is 0 Å². The van der Waals surface area contributed by atoms with Gasteiger partial charge < -0.3 is 8.85 Å². The lowest BCUT2D eigenvalue weighted by atomic mass is 10.2. The van der Waals surface area contributed by atoms with Crippen LogP contribution in [0.2, 0.25) is 18.1 Å². The molecule has 2 nitrogen and oxygen atoms in total. The van der Waals surface area contributed by atoms with Crippen LogP contribution in [0.1, 0.15) is 32.6 Å². The fourth-order valence-electron chi connectivity index (χ4n) is 1.69. The highest BCUT2D eigenvalue weighted by molar-refractivity contribution is 6.65. The van der Waals surface area contributed by atoms with Crippen LogP contribution >= 0.6 is 11.6 Å². The minimum atomic E-state index is -2.09. The minimum absolute atomic E-state index is 0.695. The van der Waals surface area contributed by atoms with E-state index in [1.54, 1.807) is 0 Å². The summed E-state index contributed by atoms with van der Waals surface area (Å²) < 4.78 is 11.8. The number of rotatable bonds is 8. The first-order valence-electron chi connectivity index (χ1n) is 6.62. The van der Waals surface area contributed by atoms with Crippen LogP contribution < -0.4 is 4.43 Å². The Morgan fingerprint density at radius 1 is 1.17 bits per heavy atom. The Kier molecular flexibility index (Phi) is 6.75. The van der Waals surface area contributed by atoms with Gasteiger partial charge in [0.05, 0.1) is 0 Å². The quantitative estimate of drug-likeness (QED) is 0.493. The van der Waals surface area contributed by atoms with E-state index < -0.39 is 8.56 Å². The molecule has 0 spiro atoms. The summed E-state index contributed by atoms with van der Waals surface area (Å²) in [6.07, 6.45) is 4.88. The van der Waals surface area contributed by atoms with Crippen LogP contribution in [0, 0.1) is 0 Å². The van der Waals surface area contributed by atoms with Gasteiger partial charge in [0.25, 0.3) is 0 Å². The molecular formula is C14H23ClO2Si. The average Bonchev–Trinajstić information content (AvgIpc) is 2.28. The number of unbranched alkanes of at least 4 members (excludes halogenated alkanes) is 3. The highest BCUT2D eigenvalue weighted by Gasteiger charge is 2.26. The van der Waals surface area contributed by atoms with Crippen molar-refractivity contribution in [1.82, 2.24) is 0 Å². The highest BCUT2D eigenvalue weighted by atomic mass is 35.5. The summed E-state index contributed by atoms with van der Waals surface area (Å²) in [4.78, 5) is 0. The standard InChI is InChI=1S/C14H23ClO2Si/c1-4-5-6-7-11-16-18(2,3)17-14-10-8-9-13(15)12-14/h8-10,12H,4-7,11H2,1-3H3. The van der Waals surface area contributed by atoms with E-state index in [-0.39, 0.29) is 0 Å². The second-order valence-electron chi connectivity index (χ2n) is 4.87. The molecule has 0 N–H and O–H groups in total. The van der Waals surface area contributed by atoms with Crippen LogP contribution in [0.4, 0.5) is 0 Å².